The lowest BCUT2D eigenvalue weighted by molar-refractivity contribution is -0.114. The summed E-state index contributed by atoms with van der Waals surface area (Å²) in [5, 5.41) is 6.58. The number of benzene rings is 1. The smallest absolute Gasteiger partial charge is 0.341 e. The van der Waals surface area contributed by atoms with Crippen LogP contribution in [0.2, 0.25) is 0 Å². The van der Waals surface area contributed by atoms with Crippen molar-refractivity contribution in [3.63, 3.8) is 0 Å². The van der Waals surface area contributed by atoms with E-state index < -0.39 is 0 Å². The molecule has 6 nitrogen and oxygen atoms in total. The molecule has 1 amide bonds. The molecule has 28 heavy (non-hydrogen) atoms. The Hall–Kier alpha value is -2.54. The summed E-state index contributed by atoms with van der Waals surface area (Å²) < 4.78 is 10.4. The van der Waals surface area contributed by atoms with Crippen LogP contribution >= 0.6 is 11.3 Å². The summed E-state index contributed by atoms with van der Waals surface area (Å²) in [5.74, 6) is 0.736. The molecule has 1 aliphatic rings. The summed E-state index contributed by atoms with van der Waals surface area (Å²) in [7, 11) is 1.60. The van der Waals surface area contributed by atoms with E-state index in [0.717, 1.165) is 36.3 Å². The Morgan fingerprint density at radius 2 is 2.14 bits per heavy atom. The van der Waals surface area contributed by atoms with Crippen molar-refractivity contribution in [2.45, 2.75) is 33.1 Å². The molecule has 150 valence electrons. The highest BCUT2D eigenvalue weighted by Crippen LogP contribution is 2.40. The first-order valence-electron chi connectivity index (χ1n) is 9.51. The molecular formula is C21H26N2O4S. The van der Waals surface area contributed by atoms with Gasteiger partial charge in [-0.05, 0) is 49.8 Å². The van der Waals surface area contributed by atoms with E-state index in [0.29, 0.717) is 23.1 Å². The highest BCUT2D eigenvalue weighted by Gasteiger charge is 2.29. The number of nitrogens with one attached hydrogen (secondary N) is 2. The summed E-state index contributed by atoms with van der Waals surface area (Å²) in [6.07, 6.45) is 2.82. The maximum Gasteiger partial charge on any atom is 0.341 e. The molecule has 2 aromatic rings. The van der Waals surface area contributed by atoms with Gasteiger partial charge in [-0.2, -0.15) is 0 Å². The Labute approximate surface area is 169 Å². The van der Waals surface area contributed by atoms with Crippen molar-refractivity contribution in [1.29, 1.82) is 0 Å². The van der Waals surface area contributed by atoms with Crippen LogP contribution in [0.25, 0.3) is 0 Å². The van der Waals surface area contributed by atoms with Gasteiger partial charge in [0, 0.05) is 16.6 Å². The van der Waals surface area contributed by atoms with Gasteiger partial charge in [-0.15, -0.1) is 11.3 Å². The highest BCUT2D eigenvalue weighted by atomic mass is 32.1. The molecule has 3 rings (SSSR count). The monoisotopic (exact) mass is 402 g/mol. The molecule has 0 radical (unpaired) electrons. The van der Waals surface area contributed by atoms with E-state index in [4.69, 9.17) is 9.47 Å². The maximum atomic E-state index is 12.5. The van der Waals surface area contributed by atoms with Crippen molar-refractivity contribution in [2.24, 2.45) is 5.92 Å². The Kier molecular flexibility index (Phi) is 6.57. The van der Waals surface area contributed by atoms with Gasteiger partial charge in [0.25, 0.3) is 0 Å². The van der Waals surface area contributed by atoms with Gasteiger partial charge in [0.15, 0.2) is 0 Å². The molecule has 1 heterocycles. The largest absolute Gasteiger partial charge is 0.497 e. The molecule has 0 saturated carbocycles. The molecule has 0 aliphatic heterocycles. The first-order chi connectivity index (χ1) is 13.5. The van der Waals surface area contributed by atoms with E-state index >= 15 is 0 Å². The number of hydrogen-bond acceptors (Lipinski definition) is 6. The predicted octanol–water partition coefficient (Wildman–Crippen LogP) is 4.11. The topological polar surface area (TPSA) is 76.7 Å². The Morgan fingerprint density at radius 3 is 2.89 bits per heavy atom. The van der Waals surface area contributed by atoms with Gasteiger partial charge in [0.1, 0.15) is 10.8 Å². The normalized spacial score (nSPS) is 15.5. The standard InChI is InChI=1S/C21H26N2O4S/c1-4-27-21(25)19-16-9-8-13(2)10-17(16)28-20(19)23-18(24)12-22-14-6-5-7-15(11-14)26-3/h5-7,11,13,22H,4,8-10,12H2,1-3H3,(H,23,24). The van der Waals surface area contributed by atoms with Crippen molar-refractivity contribution >= 4 is 33.9 Å². The highest BCUT2D eigenvalue weighted by molar-refractivity contribution is 7.17. The third-order valence-corrected chi connectivity index (χ3v) is 5.94. The van der Waals surface area contributed by atoms with Gasteiger partial charge in [0.2, 0.25) is 5.91 Å². The number of ether oxygens (including phenoxy) is 2. The van der Waals surface area contributed by atoms with Crippen molar-refractivity contribution < 1.29 is 19.1 Å². The van der Waals surface area contributed by atoms with Crippen LogP contribution in [-0.4, -0.2) is 32.1 Å². The molecular weight excluding hydrogens is 376 g/mol. The summed E-state index contributed by atoms with van der Waals surface area (Å²) in [6.45, 7) is 4.40. The molecule has 1 aromatic heterocycles. The number of amides is 1. The van der Waals surface area contributed by atoms with Gasteiger partial charge in [-0.25, -0.2) is 4.79 Å². The minimum atomic E-state index is -0.356. The number of carbonyl (C=O) groups excluding carboxylic acids is 2. The molecule has 0 fully saturated rings. The van der Waals surface area contributed by atoms with Crippen LogP contribution in [0.5, 0.6) is 5.75 Å². The number of carbonyl (C=O) groups is 2. The van der Waals surface area contributed by atoms with E-state index in [1.807, 2.05) is 24.3 Å². The molecule has 1 aliphatic carbocycles. The number of anilines is 2. The van der Waals surface area contributed by atoms with E-state index in [9.17, 15) is 9.59 Å². The Bertz CT molecular complexity index is 862. The maximum absolute atomic E-state index is 12.5. The van der Waals surface area contributed by atoms with Crippen LogP contribution in [0.15, 0.2) is 24.3 Å². The SMILES string of the molecule is CCOC(=O)c1c(NC(=O)CNc2cccc(OC)c2)sc2c1CCC(C)C2. The van der Waals surface area contributed by atoms with Crippen LogP contribution in [0, 0.1) is 5.92 Å². The van der Waals surface area contributed by atoms with Crippen molar-refractivity contribution in [3.05, 3.63) is 40.3 Å². The van der Waals surface area contributed by atoms with Crippen molar-refractivity contribution in [1.82, 2.24) is 0 Å². The quantitative estimate of drug-likeness (QED) is 0.682. The Balaban J connectivity index is 1.73. The number of esters is 1. The zero-order valence-electron chi connectivity index (χ0n) is 16.5. The fourth-order valence-corrected chi connectivity index (χ4v) is 4.76. The number of rotatable bonds is 7. The fourth-order valence-electron chi connectivity index (χ4n) is 3.34. The average molecular weight is 403 g/mol. The minimum Gasteiger partial charge on any atom is -0.497 e. The first kappa shape index (κ1) is 20.2. The molecule has 0 bridgehead atoms. The van der Waals surface area contributed by atoms with Gasteiger partial charge < -0.3 is 20.1 Å². The zero-order chi connectivity index (χ0) is 20.1. The van der Waals surface area contributed by atoms with Crippen LogP contribution in [0.1, 0.15) is 41.1 Å². The molecule has 2 N–H and O–H groups in total. The Morgan fingerprint density at radius 1 is 1.32 bits per heavy atom. The second kappa shape index (κ2) is 9.10. The lowest BCUT2D eigenvalue weighted by atomic mass is 9.88. The fraction of sp³-hybridized carbons (Fsp3) is 0.429. The van der Waals surface area contributed by atoms with Gasteiger partial charge >= 0.3 is 5.97 Å². The van der Waals surface area contributed by atoms with E-state index in [-0.39, 0.29) is 18.4 Å². The average Bonchev–Trinajstić information content (AvgIpc) is 3.03. The van der Waals surface area contributed by atoms with Gasteiger partial charge in [-0.3, -0.25) is 4.79 Å². The van der Waals surface area contributed by atoms with Crippen molar-refractivity contribution in [3.8, 4) is 5.75 Å². The lowest BCUT2D eigenvalue weighted by Crippen LogP contribution is -2.22. The number of hydrogen-bond donors (Lipinski definition) is 2. The third kappa shape index (κ3) is 4.65. The van der Waals surface area contributed by atoms with Crippen LogP contribution in [-0.2, 0) is 22.4 Å². The predicted molar refractivity (Wildman–Crippen MR) is 112 cm³/mol. The summed E-state index contributed by atoms with van der Waals surface area (Å²) >= 11 is 1.50. The molecule has 1 aromatic carbocycles. The molecule has 0 spiro atoms. The lowest BCUT2D eigenvalue weighted by Gasteiger charge is -2.18. The minimum absolute atomic E-state index is 0.0917. The number of thiophene rings is 1. The summed E-state index contributed by atoms with van der Waals surface area (Å²) in [6, 6.07) is 7.38. The summed E-state index contributed by atoms with van der Waals surface area (Å²) in [5.41, 5.74) is 2.36. The number of fused-ring (bicyclic) bond motifs is 1. The first-order valence-corrected chi connectivity index (χ1v) is 10.3. The van der Waals surface area contributed by atoms with Crippen LogP contribution in [0.4, 0.5) is 10.7 Å². The van der Waals surface area contributed by atoms with Crippen LogP contribution < -0.4 is 15.4 Å². The summed E-state index contributed by atoms with van der Waals surface area (Å²) in [4.78, 5) is 26.2. The number of methoxy groups -OCH3 is 1. The van der Waals surface area contributed by atoms with E-state index in [2.05, 4.69) is 17.6 Å². The third-order valence-electron chi connectivity index (χ3n) is 4.77. The molecule has 0 saturated heterocycles. The van der Waals surface area contributed by atoms with Gasteiger partial charge in [-0.1, -0.05) is 13.0 Å². The molecule has 1 unspecified atom stereocenters. The van der Waals surface area contributed by atoms with Crippen LogP contribution in [0.3, 0.4) is 0 Å². The van der Waals surface area contributed by atoms with Crippen molar-refractivity contribution in [2.75, 3.05) is 30.9 Å². The molecule has 7 heteroatoms. The van der Waals surface area contributed by atoms with E-state index in [1.54, 1.807) is 14.0 Å². The molecule has 1 atom stereocenters. The zero-order valence-corrected chi connectivity index (χ0v) is 17.3. The van der Waals surface area contributed by atoms with Gasteiger partial charge in [0.05, 0.1) is 25.8 Å². The van der Waals surface area contributed by atoms with E-state index in [1.165, 1.54) is 16.2 Å². The second-order valence-electron chi connectivity index (χ2n) is 6.91. The second-order valence-corrected chi connectivity index (χ2v) is 8.02.